The Morgan fingerprint density at radius 3 is 2.56 bits per heavy atom. The number of benzene rings is 1. The molecular formula is C28H34N4O4. The zero-order chi connectivity index (χ0) is 25.1. The van der Waals surface area contributed by atoms with Crippen molar-refractivity contribution in [2.45, 2.75) is 64.0 Å². The number of urea groups is 1. The Kier molecular flexibility index (Phi) is 7.37. The van der Waals surface area contributed by atoms with E-state index in [1.807, 2.05) is 12.0 Å². The van der Waals surface area contributed by atoms with E-state index >= 15 is 0 Å². The maximum absolute atomic E-state index is 13.1. The summed E-state index contributed by atoms with van der Waals surface area (Å²) >= 11 is 0. The third-order valence-electron chi connectivity index (χ3n) is 7.72. The molecule has 0 radical (unpaired) electrons. The van der Waals surface area contributed by atoms with Crippen LogP contribution in [-0.4, -0.2) is 62.0 Å². The van der Waals surface area contributed by atoms with Crippen LogP contribution in [0.25, 0.3) is 0 Å². The number of allylic oxidation sites excluding steroid dienone is 2. The summed E-state index contributed by atoms with van der Waals surface area (Å²) in [5, 5.41) is 5.78. The smallest absolute Gasteiger partial charge is 0.324 e. The number of hydrogen-bond donors (Lipinski definition) is 2. The van der Waals surface area contributed by atoms with Crippen LogP contribution in [0.4, 0.5) is 10.5 Å². The second-order valence-corrected chi connectivity index (χ2v) is 9.94. The molecule has 1 saturated heterocycles. The number of carbonyl (C=O) groups excluding carboxylic acids is 2. The second-order valence-electron chi connectivity index (χ2n) is 9.94. The first kappa shape index (κ1) is 24.5. The number of likely N-dealkylation sites (tertiary alicyclic amines) is 1. The lowest BCUT2D eigenvalue weighted by Gasteiger charge is -2.43. The molecule has 2 aliphatic carbocycles. The van der Waals surface area contributed by atoms with Crippen LogP contribution < -0.4 is 10.6 Å². The summed E-state index contributed by atoms with van der Waals surface area (Å²) in [6.45, 7) is 3.98. The molecule has 1 atom stereocenters. The van der Waals surface area contributed by atoms with Gasteiger partial charge in [-0.05, 0) is 74.1 Å². The van der Waals surface area contributed by atoms with Gasteiger partial charge in [0, 0.05) is 44.3 Å². The standard InChI is InChI=1S/C28H34N4O4/c1-18-25(13-29-11-5-8-21(17-36-18)32-14-22(15-32)35-2)26(16-33)30-28(34)31-27-23-9-3-6-19(23)12-20-7-4-10-24(20)27/h5,11-13,21-22H,3-4,6-10,14-15,17H2,1-2H3,(H2,30,31,34)/b11-5+,25-18-,29-13-/t21-/m0/s1. The van der Waals surface area contributed by atoms with E-state index in [9.17, 15) is 9.59 Å². The van der Waals surface area contributed by atoms with Crippen LogP contribution in [0.2, 0.25) is 0 Å². The fraction of sp³-hybridized carbons (Fsp3) is 0.500. The van der Waals surface area contributed by atoms with Crippen molar-refractivity contribution >= 4 is 23.9 Å². The van der Waals surface area contributed by atoms with Crippen LogP contribution in [0.5, 0.6) is 0 Å². The average molecular weight is 491 g/mol. The molecule has 0 saturated carbocycles. The first-order valence-corrected chi connectivity index (χ1v) is 12.9. The molecule has 2 amide bonds. The molecule has 1 fully saturated rings. The Bertz CT molecular complexity index is 1140. The van der Waals surface area contributed by atoms with Crippen molar-refractivity contribution < 1.29 is 19.1 Å². The maximum atomic E-state index is 13.1. The highest BCUT2D eigenvalue weighted by molar-refractivity contribution is 5.98. The molecule has 1 aromatic carbocycles. The van der Waals surface area contributed by atoms with Gasteiger partial charge in [0.1, 0.15) is 18.1 Å². The quantitative estimate of drug-likeness (QED) is 0.617. The number of fused-ring (bicyclic) bond motifs is 2. The molecule has 5 rings (SSSR count). The number of nitrogens with one attached hydrogen (secondary N) is 2. The summed E-state index contributed by atoms with van der Waals surface area (Å²) in [5.41, 5.74) is 6.49. The van der Waals surface area contributed by atoms with Gasteiger partial charge in [0.25, 0.3) is 0 Å². The summed E-state index contributed by atoms with van der Waals surface area (Å²) < 4.78 is 11.5. The first-order chi connectivity index (χ1) is 17.6. The molecule has 2 heterocycles. The van der Waals surface area contributed by atoms with Crippen LogP contribution in [0.3, 0.4) is 0 Å². The van der Waals surface area contributed by atoms with Gasteiger partial charge in [0.05, 0.1) is 11.7 Å². The normalized spacial score (nSPS) is 25.6. The highest BCUT2D eigenvalue weighted by Crippen LogP contribution is 2.38. The molecule has 2 aliphatic heterocycles. The number of methoxy groups -OCH3 is 1. The molecule has 4 aliphatic rings. The number of aryl methyl sites for hydroxylation is 2. The van der Waals surface area contributed by atoms with E-state index in [4.69, 9.17) is 9.47 Å². The fourth-order valence-corrected chi connectivity index (χ4v) is 5.64. The largest absolute Gasteiger partial charge is 0.496 e. The van der Waals surface area contributed by atoms with Crippen molar-refractivity contribution in [1.29, 1.82) is 0 Å². The zero-order valence-corrected chi connectivity index (χ0v) is 21.1. The van der Waals surface area contributed by atoms with Crippen molar-refractivity contribution in [3.05, 3.63) is 57.6 Å². The molecule has 0 aromatic heterocycles. The fourth-order valence-electron chi connectivity index (χ4n) is 5.64. The van der Waals surface area contributed by atoms with Crippen molar-refractivity contribution in [3.63, 3.8) is 0 Å². The molecule has 8 heteroatoms. The number of anilines is 1. The monoisotopic (exact) mass is 490 g/mol. The van der Waals surface area contributed by atoms with Gasteiger partial charge in [0.15, 0.2) is 5.94 Å². The molecule has 8 nitrogen and oxygen atoms in total. The first-order valence-electron chi connectivity index (χ1n) is 12.9. The minimum Gasteiger partial charge on any atom is -0.496 e. The Balaban J connectivity index is 1.31. The van der Waals surface area contributed by atoms with Crippen molar-refractivity contribution in [1.82, 2.24) is 10.2 Å². The van der Waals surface area contributed by atoms with Gasteiger partial charge in [-0.3, -0.25) is 15.2 Å². The number of carbonyl (C=O) groups is 1. The predicted molar refractivity (Wildman–Crippen MR) is 139 cm³/mol. The van der Waals surface area contributed by atoms with E-state index in [0.717, 1.165) is 63.7 Å². The number of amides is 2. The Morgan fingerprint density at radius 2 is 1.89 bits per heavy atom. The summed E-state index contributed by atoms with van der Waals surface area (Å²) in [6.07, 6.45) is 12.6. The predicted octanol–water partition coefficient (Wildman–Crippen LogP) is 3.48. The second kappa shape index (κ2) is 10.8. The summed E-state index contributed by atoms with van der Waals surface area (Å²) in [4.78, 5) is 31.7. The van der Waals surface area contributed by atoms with E-state index in [-0.39, 0.29) is 17.8 Å². The number of rotatable bonds is 5. The Hall–Kier alpha value is -3.19. The van der Waals surface area contributed by atoms with Gasteiger partial charge in [-0.1, -0.05) is 12.1 Å². The SMILES string of the molecule is COC1CN([C@H]2C/C=C/N=C\C(C(=C=O)NC(=O)Nc3c4c(cc5c3CCC5)CCC4)=C(/C)OC2)C1. The van der Waals surface area contributed by atoms with Gasteiger partial charge in [0.2, 0.25) is 0 Å². The summed E-state index contributed by atoms with van der Waals surface area (Å²) in [5.74, 6) is 2.41. The van der Waals surface area contributed by atoms with Crippen LogP contribution in [0.15, 0.2) is 40.4 Å². The topological polar surface area (TPSA) is 92.3 Å². The minimum absolute atomic E-state index is 0.00638. The number of ether oxygens (including phenoxy) is 2. The van der Waals surface area contributed by atoms with E-state index in [1.165, 1.54) is 28.5 Å². The summed E-state index contributed by atoms with van der Waals surface area (Å²) in [7, 11) is 1.73. The third kappa shape index (κ3) is 5.03. The highest BCUT2D eigenvalue weighted by atomic mass is 16.5. The van der Waals surface area contributed by atoms with Gasteiger partial charge >= 0.3 is 6.03 Å². The van der Waals surface area contributed by atoms with Crippen LogP contribution >= 0.6 is 0 Å². The lowest BCUT2D eigenvalue weighted by Crippen LogP contribution is -2.57. The molecule has 2 N–H and O–H groups in total. The van der Waals surface area contributed by atoms with E-state index in [1.54, 1.807) is 20.2 Å². The molecule has 0 bridgehead atoms. The minimum atomic E-state index is -0.451. The maximum Gasteiger partial charge on any atom is 0.324 e. The molecule has 1 aromatic rings. The van der Waals surface area contributed by atoms with Crippen LogP contribution in [-0.2, 0) is 40.0 Å². The Labute approximate surface area is 212 Å². The third-order valence-corrected chi connectivity index (χ3v) is 7.72. The van der Waals surface area contributed by atoms with Crippen LogP contribution in [0.1, 0.15) is 48.4 Å². The van der Waals surface area contributed by atoms with Gasteiger partial charge in [-0.2, -0.15) is 0 Å². The van der Waals surface area contributed by atoms with Gasteiger partial charge in [-0.25, -0.2) is 9.59 Å². The Morgan fingerprint density at radius 1 is 1.17 bits per heavy atom. The van der Waals surface area contributed by atoms with Crippen molar-refractivity contribution in [2.24, 2.45) is 4.99 Å². The van der Waals surface area contributed by atoms with E-state index in [0.29, 0.717) is 17.9 Å². The summed E-state index contributed by atoms with van der Waals surface area (Å²) in [6, 6.07) is 2.05. The molecule has 0 spiro atoms. The highest BCUT2D eigenvalue weighted by Gasteiger charge is 2.32. The molecule has 0 unspecified atom stereocenters. The van der Waals surface area contributed by atoms with Gasteiger partial charge < -0.3 is 14.8 Å². The lowest BCUT2D eigenvalue weighted by molar-refractivity contribution is -0.0620. The molecule has 36 heavy (non-hydrogen) atoms. The van der Waals surface area contributed by atoms with E-state index < -0.39 is 6.03 Å². The number of hydrogen-bond acceptors (Lipinski definition) is 6. The van der Waals surface area contributed by atoms with Crippen molar-refractivity contribution in [3.8, 4) is 0 Å². The lowest BCUT2D eigenvalue weighted by atomic mass is 9.99. The van der Waals surface area contributed by atoms with Gasteiger partial charge in [-0.15, -0.1) is 0 Å². The molecule has 190 valence electrons. The van der Waals surface area contributed by atoms with Crippen molar-refractivity contribution in [2.75, 3.05) is 32.1 Å². The molecular weight excluding hydrogens is 456 g/mol. The zero-order valence-electron chi connectivity index (χ0n) is 21.1. The number of nitrogens with zero attached hydrogens (tertiary/aromatic N) is 2. The van der Waals surface area contributed by atoms with Crippen LogP contribution in [0, 0.1) is 0 Å². The average Bonchev–Trinajstić information content (AvgIpc) is 3.51. The number of aliphatic imine (C=N–C) groups is 1. The van der Waals surface area contributed by atoms with E-state index in [2.05, 4.69) is 26.6 Å².